The predicted octanol–water partition coefficient (Wildman–Crippen LogP) is 1.72. The van der Waals surface area contributed by atoms with Gasteiger partial charge in [0.1, 0.15) is 5.82 Å². The third-order valence-electron chi connectivity index (χ3n) is 3.90. The number of amides is 1. The van der Waals surface area contributed by atoms with Crippen LogP contribution in [0.2, 0.25) is 0 Å². The van der Waals surface area contributed by atoms with Gasteiger partial charge < -0.3 is 10.1 Å². The Morgan fingerprint density at radius 3 is 2.78 bits per heavy atom. The Morgan fingerprint density at radius 2 is 2.09 bits per heavy atom. The maximum Gasteiger partial charge on any atom is 0.310 e. The van der Waals surface area contributed by atoms with Crippen LogP contribution in [-0.2, 0) is 20.9 Å². The van der Waals surface area contributed by atoms with Crippen molar-refractivity contribution in [3.8, 4) is 0 Å². The summed E-state index contributed by atoms with van der Waals surface area (Å²) in [6, 6.07) is 6.03. The van der Waals surface area contributed by atoms with Crippen molar-refractivity contribution in [2.45, 2.75) is 26.3 Å². The number of carbonyl (C=O) groups excluding carboxylic acids is 2. The maximum atomic E-state index is 12.8. The lowest BCUT2D eigenvalue weighted by molar-refractivity contribution is -0.150. The summed E-state index contributed by atoms with van der Waals surface area (Å²) >= 11 is 0. The Balaban J connectivity index is 1.76. The predicted molar refractivity (Wildman–Crippen MR) is 84.0 cm³/mol. The molecule has 1 N–H and O–H groups in total. The SMILES string of the molecule is CCOC(=O)C1CCCN(CC(=O)NCc2ccc(F)cc2)C1. The lowest BCUT2D eigenvalue weighted by atomic mass is 9.98. The molecular weight excluding hydrogens is 299 g/mol. The van der Waals surface area contributed by atoms with Crippen LogP contribution in [0.15, 0.2) is 24.3 Å². The van der Waals surface area contributed by atoms with Gasteiger partial charge in [-0.15, -0.1) is 0 Å². The Hall–Kier alpha value is -1.95. The molecule has 0 saturated carbocycles. The number of nitrogens with zero attached hydrogens (tertiary/aromatic N) is 1. The van der Waals surface area contributed by atoms with E-state index >= 15 is 0 Å². The van der Waals surface area contributed by atoms with Gasteiger partial charge in [-0.05, 0) is 44.0 Å². The molecule has 5 nitrogen and oxygen atoms in total. The second-order valence-electron chi connectivity index (χ2n) is 5.73. The van der Waals surface area contributed by atoms with Crippen molar-refractivity contribution in [3.63, 3.8) is 0 Å². The summed E-state index contributed by atoms with van der Waals surface area (Å²) in [5.74, 6) is -0.713. The summed E-state index contributed by atoms with van der Waals surface area (Å²) in [6.07, 6.45) is 1.70. The van der Waals surface area contributed by atoms with Crippen molar-refractivity contribution < 1.29 is 18.7 Å². The Labute approximate surface area is 135 Å². The third kappa shape index (κ3) is 5.63. The van der Waals surface area contributed by atoms with Crippen LogP contribution in [0.25, 0.3) is 0 Å². The molecule has 1 fully saturated rings. The number of likely N-dealkylation sites (tertiary alicyclic amines) is 1. The third-order valence-corrected chi connectivity index (χ3v) is 3.90. The molecule has 1 saturated heterocycles. The number of piperidine rings is 1. The van der Waals surface area contributed by atoms with Crippen LogP contribution in [0, 0.1) is 11.7 Å². The Bertz CT molecular complexity index is 533. The van der Waals surface area contributed by atoms with E-state index in [2.05, 4.69) is 5.32 Å². The first-order valence-corrected chi connectivity index (χ1v) is 7.98. The van der Waals surface area contributed by atoms with Crippen LogP contribution in [-0.4, -0.2) is 43.0 Å². The lowest BCUT2D eigenvalue weighted by Gasteiger charge is -2.30. The zero-order valence-electron chi connectivity index (χ0n) is 13.4. The molecule has 2 rings (SSSR count). The highest BCUT2D eigenvalue weighted by Crippen LogP contribution is 2.17. The zero-order valence-corrected chi connectivity index (χ0v) is 13.4. The summed E-state index contributed by atoms with van der Waals surface area (Å²) in [7, 11) is 0. The van der Waals surface area contributed by atoms with E-state index in [0.717, 1.165) is 24.9 Å². The van der Waals surface area contributed by atoms with Gasteiger partial charge in [-0.1, -0.05) is 12.1 Å². The number of hydrogen-bond acceptors (Lipinski definition) is 4. The summed E-state index contributed by atoms with van der Waals surface area (Å²) in [5, 5.41) is 2.82. The zero-order chi connectivity index (χ0) is 16.7. The smallest absolute Gasteiger partial charge is 0.310 e. The molecule has 0 aromatic heterocycles. The molecule has 1 aromatic rings. The van der Waals surface area contributed by atoms with Crippen molar-refractivity contribution in [2.24, 2.45) is 5.92 Å². The van der Waals surface area contributed by atoms with Crippen molar-refractivity contribution in [1.29, 1.82) is 0 Å². The number of rotatable bonds is 6. The number of halogens is 1. The van der Waals surface area contributed by atoms with E-state index in [-0.39, 0.29) is 30.2 Å². The molecule has 23 heavy (non-hydrogen) atoms. The summed E-state index contributed by atoms with van der Waals surface area (Å²) in [5.41, 5.74) is 0.850. The average molecular weight is 322 g/mol. The molecule has 1 aromatic carbocycles. The summed E-state index contributed by atoms with van der Waals surface area (Å²) in [4.78, 5) is 25.8. The molecule has 1 heterocycles. The quantitative estimate of drug-likeness (QED) is 0.810. The fraction of sp³-hybridized carbons (Fsp3) is 0.529. The van der Waals surface area contributed by atoms with Gasteiger partial charge in [-0.3, -0.25) is 14.5 Å². The highest BCUT2D eigenvalue weighted by molar-refractivity contribution is 5.78. The molecule has 0 radical (unpaired) electrons. The first-order valence-electron chi connectivity index (χ1n) is 7.98. The van der Waals surface area contributed by atoms with Gasteiger partial charge in [0.15, 0.2) is 0 Å². The van der Waals surface area contributed by atoms with E-state index in [4.69, 9.17) is 4.74 Å². The highest BCUT2D eigenvalue weighted by atomic mass is 19.1. The van der Waals surface area contributed by atoms with Crippen molar-refractivity contribution in [2.75, 3.05) is 26.2 Å². The van der Waals surface area contributed by atoms with Crippen LogP contribution in [0.4, 0.5) is 4.39 Å². The normalized spacial score (nSPS) is 18.4. The molecule has 1 unspecified atom stereocenters. The largest absolute Gasteiger partial charge is 0.466 e. The molecule has 0 spiro atoms. The average Bonchev–Trinajstić information content (AvgIpc) is 2.55. The van der Waals surface area contributed by atoms with Gasteiger partial charge in [0.25, 0.3) is 0 Å². The second-order valence-corrected chi connectivity index (χ2v) is 5.73. The molecule has 126 valence electrons. The fourth-order valence-corrected chi connectivity index (χ4v) is 2.71. The maximum absolute atomic E-state index is 12.8. The van der Waals surface area contributed by atoms with E-state index in [0.29, 0.717) is 19.7 Å². The topological polar surface area (TPSA) is 58.6 Å². The summed E-state index contributed by atoms with van der Waals surface area (Å²) < 4.78 is 17.9. The minimum absolute atomic E-state index is 0.0983. The summed E-state index contributed by atoms with van der Waals surface area (Å²) in [6.45, 7) is 4.17. The van der Waals surface area contributed by atoms with Crippen LogP contribution >= 0.6 is 0 Å². The van der Waals surface area contributed by atoms with Gasteiger partial charge in [-0.25, -0.2) is 4.39 Å². The minimum atomic E-state index is -0.293. The molecule has 1 aliphatic rings. The van der Waals surface area contributed by atoms with Gasteiger partial charge in [0, 0.05) is 13.1 Å². The van der Waals surface area contributed by atoms with Gasteiger partial charge in [0.2, 0.25) is 5.91 Å². The number of benzene rings is 1. The van der Waals surface area contributed by atoms with E-state index in [9.17, 15) is 14.0 Å². The van der Waals surface area contributed by atoms with Crippen molar-refractivity contribution in [1.82, 2.24) is 10.2 Å². The Morgan fingerprint density at radius 1 is 1.35 bits per heavy atom. The number of ether oxygens (including phenoxy) is 1. The second kappa shape index (κ2) is 8.62. The molecule has 6 heteroatoms. The van der Waals surface area contributed by atoms with E-state index in [1.165, 1.54) is 12.1 Å². The minimum Gasteiger partial charge on any atom is -0.466 e. The molecule has 1 atom stereocenters. The van der Waals surface area contributed by atoms with Gasteiger partial charge >= 0.3 is 5.97 Å². The Kier molecular flexibility index (Phi) is 6.52. The van der Waals surface area contributed by atoms with Crippen molar-refractivity contribution in [3.05, 3.63) is 35.6 Å². The van der Waals surface area contributed by atoms with E-state index < -0.39 is 0 Å². The van der Waals surface area contributed by atoms with Crippen LogP contribution in [0.1, 0.15) is 25.3 Å². The standard InChI is InChI=1S/C17H23FN2O3/c1-2-23-17(22)14-4-3-9-20(11-14)12-16(21)19-10-13-5-7-15(18)8-6-13/h5-8,14H,2-4,9-12H2,1H3,(H,19,21). The first-order chi connectivity index (χ1) is 11.1. The molecule has 1 aliphatic heterocycles. The first kappa shape index (κ1) is 17.4. The van der Waals surface area contributed by atoms with E-state index in [1.807, 2.05) is 4.90 Å². The number of hydrogen-bond donors (Lipinski definition) is 1. The van der Waals surface area contributed by atoms with E-state index in [1.54, 1.807) is 19.1 Å². The number of carbonyl (C=O) groups is 2. The van der Waals surface area contributed by atoms with Crippen LogP contribution < -0.4 is 5.32 Å². The lowest BCUT2D eigenvalue weighted by Crippen LogP contribution is -2.44. The molecule has 0 bridgehead atoms. The van der Waals surface area contributed by atoms with Crippen LogP contribution in [0.3, 0.4) is 0 Å². The highest BCUT2D eigenvalue weighted by Gasteiger charge is 2.27. The van der Waals surface area contributed by atoms with Gasteiger partial charge in [-0.2, -0.15) is 0 Å². The van der Waals surface area contributed by atoms with Crippen molar-refractivity contribution >= 4 is 11.9 Å². The van der Waals surface area contributed by atoms with Crippen LogP contribution in [0.5, 0.6) is 0 Å². The monoisotopic (exact) mass is 322 g/mol. The van der Waals surface area contributed by atoms with Gasteiger partial charge in [0.05, 0.1) is 19.1 Å². The fourth-order valence-electron chi connectivity index (χ4n) is 2.71. The molecule has 1 amide bonds. The number of nitrogens with one attached hydrogen (secondary N) is 1. The molecule has 0 aliphatic carbocycles. The molecular formula is C17H23FN2O3. The number of esters is 1.